The van der Waals surface area contributed by atoms with Crippen LogP contribution in [-0.2, 0) is 10.0 Å². The lowest BCUT2D eigenvalue weighted by molar-refractivity contribution is 0.0691. The Morgan fingerprint density at radius 3 is 2.38 bits per heavy atom. The molecular weight excluding hydrogens is 333 g/mol. The van der Waals surface area contributed by atoms with Gasteiger partial charge in [0.15, 0.2) is 0 Å². The van der Waals surface area contributed by atoms with Crippen molar-refractivity contribution in [3.63, 3.8) is 0 Å². The third kappa shape index (κ3) is 3.41. The standard InChI is InChI=1S/C17H18FNO4S/c1-3-9-19(13-7-5-4-6-8-13)24(22,23)16-11-14(17(20)21)15(18)10-12(16)2/h4-8,10-11H,3,9H2,1-2H3,(H,20,21). The molecule has 0 amide bonds. The second kappa shape index (κ2) is 7.00. The largest absolute Gasteiger partial charge is 0.478 e. The van der Waals surface area contributed by atoms with Crippen molar-refractivity contribution in [2.45, 2.75) is 25.2 Å². The Balaban J connectivity index is 2.64. The van der Waals surface area contributed by atoms with Crippen molar-refractivity contribution in [2.24, 2.45) is 0 Å². The summed E-state index contributed by atoms with van der Waals surface area (Å²) in [5.74, 6) is -2.47. The maximum atomic E-state index is 13.8. The SMILES string of the molecule is CCCN(c1ccccc1)S(=O)(=O)c1cc(C(=O)O)c(F)cc1C. The van der Waals surface area contributed by atoms with Crippen molar-refractivity contribution in [3.8, 4) is 0 Å². The fourth-order valence-corrected chi connectivity index (χ4v) is 4.19. The van der Waals surface area contributed by atoms with E-state index >= 15 is 0 Å². The van der Waals surface area contributed by atoms with E-state index in [1.165, 1.54) is 11.2 Å². The molecule has 0 unspecified atom stereocenters. The molecule has 0 saturated carbocycles. The van der Waals surface area contributed by atoms with Gasteiger partial charge in [-0.05, 0) is 43.2 Å². The van der Waals surface area contributed by atoms with Crippen molar-refractivity contribution in [3.05, 3.63) is 59.4 Å². The predicted molar refractivity (Wildman–Crippen MR) is 89.4 cm³/mol. The van der Waals surface area contributed by atoms with E-state index in [4.69, 9.17) is 5.11 Å². The Labute approximate surface area is 140 Å². The van der Waals surface area contributed by atoms with Crippen LogP contribution in [0.1, 0.15) is 29.3 Å². The number of rotatable bonds is 6. The smallest absolute Gasteiger partial charge is 0.338 e. The highest BCUT2D eigenvalue weighted by molar-refractivity contribution is 7.92. The fraction of sp³-hybridized carbons (Fsp3) is 0.235. The number of anilines is 1. The Bertz CT molecular complexity index is 850. The van der Waals surface area contributed by atoms with Crippen LogP contribution in [0.4, 0.5) is 10.1 Å². The van der Waals surface area contributed by atoms with Crippen LogP contribution in [-0.4, -0.2) is 26.0 Å². The van der Waals surface area contributed by atoms with Gasteiger partial charge >= 0.3 is 5.97 Å². The molecule has 0 aliphatic rings. The van der Waals surface area contributed by atoms with Gasteiger partial charge < -0.3 is 5.11 Å². The summed E-state index contributed by atoms with van der Waals surface area (Å²) in [5, 5.41) is 9.06. The zero-order valence-electron chi connectivity index (χ0n) is 13.4. The van der Waals surface area contributed by atoms with Crippen LogP contribution in [0.5, 0.6) is 0 Å². The lowest BCUT2D eigenvalue weighted by atomic mass is 10.1. The van der Waals surface area contributed by atoms with E-state index in [1.54, 1.807) is 30.3 Å². The second-order valence-corrected chi connectivity index (χ2v) is 7.15. The number of nitrogens with zero attached hydrogens (tertiary/aromatic N) is 1. The summed E-state index contributed by atoms with van der Waals surface area (Å²) in [7, 11) is -4.02. The molecule has 24 heavy (non-hydrogen) atoms. The van der Waals surface area contributed by atoms with Crippen LogP contribution < -0.4 is 4.31 Å². The summed E-state index contributed by atoms with van der Waals surface area (Å²) in [4.78, 5) is 10.9. The summed E-state index contributed by atoms with van der Waals surface area (Å²) in [5.41, 5.74) is -0.0295. The molecule has 2 rings (SSSR count). The maximum Gasteiger partial charge on any atom is 0.338 e. The van der Waals surface area contributed by atoms with Gasteiger partial charge in [-0.2, -0.15) is 0 Å². The van der Waals surface area contributed by atoms with Gasteiger partial charge in [-0.25, -0.2) is 17.6 Å². The Kier molecular flexibility index (Phi) is 5.23. The molecule has 0 bridgehead atoms. The molecule has 2 aromatic carbocycles. The molecule has 0 aliphatic carbocycles. The van der Waals surface area contributed by atoms with Gasteiger partial charge in [0.2, 0.25) is 0 Å². The minimum absolute atomic E-state index is 0.162. The van der Waals surface area contributed by atoms with E-state index in [0.717, 1.165) is 12.1 Å². The molecule has 0 radical (unpaired) electrons. The molecular formula is C17H18FNO4S. The van der Waals surface area contributed by atoms with Gasteiger partial charge in [0.1, 0.15) is 5.82 Å². The van der Waals surface area contributed by atoms with Gasteiger partial charge in [0.25, 0.3) is 10.0 Å². The molecule has 0 heterocycles. The van der Waals surface area contributed by atoms with Crippen LogP contribution in [0.3, 0.4) is 0 Å². The first kappa shape index (κ1) is 17.9. The van der Waals surface area contributed by atoms with Crippen molar-refractivity contribution in [2.75, 3.05) is 10.8 Å². The molecule has 0 aliphatic heterocycles. The van der Waals surface area contributed by atoms with Gasteiger partial charge in [-0.1, -0.05) is 25.1 Å². The number of aromatic carboxylic acids is 1. The molecule has 1 N–H and O–H groups in total. The first-order chi connectivity index (χ1) is 11.3. The van der Waals surface area contributed by atoms with E-state index in [9.17, 15) is 17.6 Å². The number of carbonyl (C=O) groups is 1. The Morgan fingerprint density at radius 2 is 1.83 bits per heavy atom. The van der Waals surface area contributed by atoms with Crippen LogP contribution in [0.2, 0.25) is 0 Å². The number of halogens is 1. The van der Waals surface area contributed by atoms with E-state index in [-0.39, 0.29) is 17.0 Å². The Hall–Kier alpha value is -2.41. The molecule has 0 fully saturated rings. The number of benzene rings is 2. The highest BCUT2D eigenvalue weighted by Gasteiger charge is 2.28. The van der Waals surface area contributed by atoms with Crippen LogP contribution in [0.25, 0.3) is 0 Å². The van der Waals surface area contributed by atoms with Crippen molar-refractivity contribution in [1.29, 1.82) is 0 Å². The number of sulfonamides is 1. The zero-order valence-corrected chi connectivity index (χ0v) is 14.2. The minimum Gasteiger partial charge on any atom is -0.478 e. The van der Waals surface area contributed by atoms with E-state index in [0.29, 0.717) is 12.1 Å². The first-order valence-corrected chi connectivity index (χ1v) is 8.84. The van der Waals surface area contributed by atoms with Gasteiger partial charge in [0, 0.05) is 6.54 Å². The van der Waals surface area contributed by atoms with Gasteiger partial charge in [-0.15, -0.1) is 0 Å². The van der Waals surface area contributed by atoms with E-state index in [2.05, 4.69) is 0 Å². The van der Waals surface area contributed by atoms with Crippen LogP contribution >= 0.6 is 0 Å². The number of hydrogen-bond donors (Lipinski definition) is 1. The predicted octanol–water partition coefficient (Wildman–Crippen LogP) is 3.44. The number of para-hydroxylation sites is 1. The summed E-state index contributed by atoms with van der Waals surface area (Å²) in [6.07, 6.45) is 0.570. The molecule has 2 aromatic rings. The average Bonchev–Trinajstić information content (AvgIpc) is 2.52. The van der Waals surface area contributed by atoms with Crippen LogP contribution in [0, 0.1) is 12.7 Å². The van der Waals surface area contributed by atoms with Crippen molar-refractivity contribution < 1.29 is 22.7 Å². The van der Waals surface area contributed by atoms with Gasteiger partial charge in [0.05, 0.1) is 16.1 Å². The Morgan fingerprint density at radius 1 is 1.21 bits per heavy atom. The fourth-order valence-electron chi connectivity index (χ4n) is 2.40. The van der Waals surface area contributed by atoms with Crippen molar-refractivity contribution in [1.82, 2.24) is 0 Å². The van der Waals surface area contributed by atoms with E-state index < -0.39 is 27.4 Å². The molecule has 7 heteroatoms. The monoisotopic (exact) mass is 351 g/mol. The summed E-state index contributed by atoms with van der Waals surface area (Å²) >= 11 is 0. The number of carboxylic acid groups (broad SMARTS) is 1. The third-order valence-electron chi connectivity index (χ3n) is 3.53. The summed E-state index contributed by atoms with van der Waals surface area (Å²) in [6, 6.07) is 10.3. The quantitative estimate of drug-likeness (QED) is 0.865. The maximum absolute atomic E-state index is 13.8. The summed E-state index contributed by atoms with van der Waals surface area (Å²) < 4.78 is 41.0. The third-order valence-corrected chi connectivity index (χ3v) is 5.50. The van der Waals surface area contributed by atoms with Gasteiger partial charge in [-0.3, -0.25) is 4.31 Å². The molecule has 0 aromatic heterocycles. The highest BCUT2D eigenvalue weighted by atomic mass is 32.2. The number of aryl methyl sites for hydroxylation is 1. The van der Waals surface area contributed by atoms with Crippen molar-refractivity contribution >= 4 is 21.7 Å². The highest BCUT2D eigenvalue weighted by Crippen LogP contribution is 2.27. The first-order valence-electron chi connectivity index (χ1n) is 7.40. The molecule has 0 atom stereocenters. The lowest BCUT2D eigenvalue weighted by Crippen LogP contribution is -2.32. The molecule has 0 saturated heterocycles. The average molecular weight is 351 g/mol. The molecule has 128 valence electrons. The number of hydrogen-bond acceptors (Lipinski definition) is 3. The lowest BCUT2D eigenvalue weighted by Gasteiger charge is -2.25. The summed E-state index contributed by atoms with van der Waals surface area (Å²) in [6.45, 7) is 3.51. The second-order valence-electron chi connectivity index (χ2n) is 5.32. The zero-order chi connectivity index (χ0) is 17.9. The minimum atomic E-state index is -4.02. The topological polar surface area (TPSA) is 74.7 Å². The van der Waals surface area contributed by atoms with Crippen LogP contribution in [0.15, 0.2) is 47.4 Å². The molecule has 0 spiro atoms. The molecule has 5 nitrogen and oxygen atoms in total. The normalized spacial score (nSPS) is 11.3. The van der Waals surface area contributed by atoms with E-state index in [1.807, 2.05) is 6.92 Å². The number of carboxylic acids is 1.